The van der Waals surface area contributed by atoms with Crippen LogP contribution in [0, 0.1) is 0 Å². The van der Waals surface area contributed by atoms with Crippen LogP contribution in [0.3, 0.4) is 0 Å². The van der Waals surface area contributed by atoms with Crippen molar-refractivity contribution < 1.29 is 23.9 Å². The van der Waals surface area contributed by atoms with E-state index >= 15 is 0 Å². The maximum absolute atomic E-state index is 13.7. The van der Waals surface area contributed by atoms with Gasteiger partial charge in [-0.2, -0.15) is 0 Å². The van der Waals surface area contributed by atoms with E-state index in [1.165, 1.54) is 0 Å². The van der Waals surface area contributed by atoms with Gasteiger partial charge in [0.2, 0.25) is 0 Å². The van der Waals surface area contributed by atoms with E-state index in [0.717, 1.165) is 21.2 Å². The Morgan fingerprint density at radius 1 is 0.940 bits per heavy atom. The zero-order valence-corrected chi connectivity index (χ0v) is 28.7. The van der Waals surface area contributed by atoms with Gasteiger partial charge in [0, 0.05) is 22.1 Å². The summed E-state index contributed by atoms with van der Waals surface area (Å²) >= 11 is 3.55. The molecule has 50 heavy (non-hydrogen) atoms. The van der Waals surface area contributed by atoms with Crippen LogP contribution in [0.5, 0.6) is 0 Å². The summed E-state index contributed by atoms with van der Waals surface area (Å²) in [5.41, 5.74) is 4.30. The van der Waals surface area contributed by atoms with Gasteiger partial charge >= 0.3 is 0 Å². The largest absolute Gasteiger partial charge is 0.365 e. The molecule has 2 unspecified atom stereocenters. The fourth-order valence-corrected chi connectivity index (χ4v) is 6.93. The van der Waals surface area contributed by atoms with Crippen LogP contribution in [0.1, 0.15) is 54.7 Å². The molecule has 252 valence electrons. The maximum Gasteiger partial charge on any atom is 0.259 e. The average Bonchev–Trinajstić information content (AvgIpc) is 3.71. The number of morpholine rings is 1. The van der Waals surface area contributed by atoms with Crippen LogP contribution in [0.2, 0.25) is 0 Å². The number of nitrogens with one attached hydrogen (secondary N) is 2. The van der Waals surface area contributed by atoms with Gasteiger partial charge in [0.05, 0.1) is 42.6 Å². The molecule has 0 radical (unpaired) electrons. The second-order valence-corrected chi connectivity index (χ2v) is 13.5. The Labute approximate surface area is 296 Å². The van der Waals surface area contributed by atoms with E-state index in [0.29, 0.717) is 47.5 Å². The lowest BCUT2D eigenvalue weighted by Gasteiger charge is -2.36. The summed E-state index contributed by atoms with van der Waals surface area (Å²) in [5.74, 6) is -1.35. The standard InChI is InChI=1S/C38H33BrN6O5/c1-38(27-8-3-2-4-9-27,20-25-7-5-10-28(39)19-25)41-35(47)32-23-44(17-18-50-32)37(49)26-15-13-24(14-16-26)21-45-22-31(42-43-45)29-11-6-12-30-33(29)36(48)40-34(30)46/h2-16,19,22,32H,17-18,20-21,23H2,1H3,(H,41,47)(H,40,46,48). The Morgan fingerprint density at radius 2 is 1.70 bits per heavy atom. The first kappa shape index (κ1) is 33.1. The van der Waals surface area contributed by atoms with Crippen molar-refractivity contribution in [3.05, 3.63) is 141 Å². The van der Waals surface area contributed by atoms with E-state index in [1.807, 2.05) is 73.7 Å². The molecule has 7 rings (SSSR count). The van der Waals surface area contributed by atoms with Crippen molar-refractivity contribution >= 4 is 39.6 Å². The highest BCUT2D eigenvalue weighted by atomic mass is 79.9. The minimum atomic E-state index is -0.825. The third-order valence-electron chi connectivity index (χ3n) is 9.03. The van der Waals surface area contributed by atoms with Gasteiger partial charge in [-0.05, 0) is 60.4 Å². The number of hydrogen-bond acceptors (Lipinski definition) is 7. The molecular formula is C38H33BrN6O5. The lowest BCUT2D eigenvalue weighted by atomic mass is 9.85. The molecule has 1 saturated heterocycles. The normalized spacial score (nSPS) is 16.8. The lowest BCUT2D eigenvalue weighted by molar-refractivity contribution is -0.139. The lowest BCUT2D eigenvalue weighted by Crippen LogP contribution is -2.55. The maximum atomic E-state index is 13.7. The van der Waals surface area contributed by atoms with E-state index in [2.05, 4.69) is 36.9 Å². The Kier molecular flexibility index (Phi) is 9.13. The van der Waals surface area contributed by atoms with Gasteiger partial charge in [-0.3, -0.25) is 24.5 Å². The molecular weight excluding hydrogens is 700 g/mol. The van der Waals surface area contributed by atoms with E-state index in [9.17, 15) is 19.2 Å². The van der Waals surface area contributed by atoms with Crippen molar-refractivity contribution in [3.8, 4) is 11.3 Å². The van der Waals surface area contributed by atoms with Crippen molar-refractivity contribution in [2.75, 3.05) is 19.7 Å². The molecule has 3 heterocycles. The van der Waals surface area contributed by atoms with Gasteiger partial charge in [-0.25, -0.2) is 4.68 Å². The van der Waals surface area contributed by atoms with Crippen LogP contribution in [0.15, 0.2) is 108 Å². The summed E-state index contributed by atoms with van der Waals surface area (Å²) in [7, 11) is 0. The smallest absolute Gasteiger partial charge is 0.259 e. The van der Waals surface area contributed by atoms with E-state index in [4.69, 9.17) is 4.74 Å². The van der Waals surface area contributed by atoms with Crippen molar-refractivity contribution in [2.45, 2.75) is 31.5 Å². The molecule has 1 fully saturated rings. The zero-order chi connectivity index (χ0) is 34.8. The van der Waals surface area contributed by atoms with Crippen molar-refractivity contribution in [3.63, 3.8) is 0 Å². The first-order valence-corrected chi connectivity index (χ1v) is 17.0. The third-order valence-corrected chi connectivity index (χ3v) is 9.52. The molecule has 2 N–H and O–H groups in total. The molecule has 11 nitrogen and oxygen atoms in total. The molecule has 0 spiro atoms. The summed E-state index contributed by atoms with van der Waals surface area (Å²) in [6.45, 7) is 3.12. The predicted octanol–water partition coefficient (Wildman–Crippen LogP) is 4.75. The molecule has 2 atom stereocenters. The van der Waals surface area contributed by atoms with E-state index < -0.39 is 23.5 Å². The number of carbonyl (C=O) groups is 4. The first-order valence-electron chi connectivity index (χ1n) is 16.2. The molecule has 12 heteroatoms. The number of nitrogens with zero attached hydrogens (tertiary/aromatic N) is 4. The molecule has 4 amide bonds. The number of aromatic nitrogens is 3. The number of imide groups is 1. The Hall–Kier alpha value is -5.46. The molecule has 0 bridgehead atoms. The van der Waals surface area contributed by atoms with Crippen LogP contribution in [0.4, 0.5) is 0 Å². The van der Waals surface area contributed by atoms with Gasteiger partial charge in [0.25, 0.3) is 23.6 Å². The Bertz CT molecular complexity index is 2100. The number of carbonyl (C=O) groups excluding carboxylic acids is 4. The Morgan fingerprint density at radius 3 is 2.48 bits per heavy atom. The van der Waals surface area contributed by atoms with Crippen molar-refractivity contribution in [2.24, 2.45) is 0 Å². The highest BCUT2D eigenvalue weighted by Crippen LogP contribution is 2.29. The molecule has 5 aromatic rings. The first-order chi connectivity index (χ1) is 24.2. The van der Waals surface area contributed by atoms with Gasteiger partial charge < -0.3 is 15.0 Å². The number of fused-ring (bicyclic) bond motifs is 1. The van der Waals surface area contributed by atoms with Crippen LogP contribution < -0.4 is 10.6 Å². The minimum Gasteiger partial charge on any atom is -0.365 e. The SMILES string of the molecule is CC(Cc1cccc(Br)c1)(NC(=O)C1CN(C(=O)c2ccc(Cn3cc(-c4cccc5c4C(=O)NC5=O)nn3)cc2)CCO1)c1ccccc1. The highest BCUT2D eigenvalue weighted by molar-refractivity contribution is 9.10. The molecule has 0 aliphatic carbocycles. The number of ether oxygens (including phenoxy) is 1. The summed E-state index contributed by atoms with van der Waals surface area (Å²) < 4.78 is 8.49. The predicted molar refractivity (Wildman–Crippen MR) is 188 cm³/mol. The van der Waals surface area contributed by atoms with Crippen LogP contribution in [0.25, 0.3) is 11.3 Å². The average molecular weight is 734 g/mol. The minimum absolute atomic E-state index is 0.128. The third kappa shape index (κ3) is 6.85. The number of benzene rings is 4. The molecule has 2 aliphatic heterocycles. The second-order valence-electron chi connectivity index (χ2n) is 12.6. The van der Waals surface area contributed by atoms with Gasteiger partial charge in [0.15, 0.2) is 6.10 Å². The number of amides is 4. The van der Waals surface area contributed by atoms with Crippen LogP contribution in [-0.2, 0) is 28.0 Å². The molecule has 1 aromatic heterocycles. The number of hydrogen-bond donors (Lipinski definition) is 2. The fourth-order valence-electron chi connectivity index (χ4n) is 6.48. The number of rotatable bonds is 9. The van der Waals surface area contributed by atoms with E-state index in [1.54, 1.807) is 46.1 Å². The quantitative estimate of drug-likeness (QED) is 0.209. The summed E-state index contributed by atoms with van der Waals surface area (Å²) in [6, 6.07) is 30.1. The van der Waals surface area contributed by atoms with Crippen LogP contribution in [-0.4, -0.2) is 69.3 Å². The summed E-state index contributed by atoms with van der Waals surface area (Å²) in [5, 5.41) is 14.0. The number of halogens is 1. The molecule has 0 saturated carbocycles. The monoisotopic (exact) mass is 732 g/mol. The van der Waals surface area contributed by atoms with Gasteiger partial charge in [0.1, 0.15) is 5.69 Å². The highest BCUT2D eigenvalue weighted by Gasteiger charge is 2.36. The van der Waals surface area contributed by atoms with Crippen molar-refractivity contribution in [1.29, 1.82) is 0 Å². The molecule has 4 aromatic carbocycles. The Balaban J connectivity index is 1.00. The topological polar surface area (TPSA) is 136 Å². The van der Waals surface area contributed by atoms with Crippen molar-refractivity contribution in [1.82, 2.24) is 30.5 Å². The summed E-state index contributed by atoms with van der Waals surface area (Å²) in [4.78, 5) is 53.4. The van der Waals surface area contributed by atoms with Gasteiger partial charge in [-0.15, -0.1) is 5.10 Å². The summed E-state index contributed by atoms with van der Waals surface area (Å²) in [6.07, 6.45) is 1.45. The zero-order valence-electron chi connectivity index (χ0n) is 27.1. The second kappa shape index (κ2) is 13.8. The fraction of sp³-hybridized carbons (Fsp3) is 0.211. The van der Waals surface area contributed by atoms with Crippen LogP contribution >= 0.6 is 15.9 Å². The van der Waals surface area contributed by atoms with Gasteiger partial charge in [-0.1, -0.05) is 87.9 Å². The van der Waals surface area contributed by atoms with E-state index in [-0.39, 0.29) is 25.0 Å². The molecule has 2 aliphatic rings.